The van der Waals surface area contributed by atoms with E-state index in [1.807, 2.05) is 12.1 Å². The Morgan fingerprint density at radius 2 is 1.84 bits per heavy atom. The van der Waals surface area contributed by atoms with Crippen LogP contribution in [0.5, 0.6) is 0 Å². The number of H-pyrrole nitrogens is 1. The predicted octanol–water partition coefficient (Wildman–Crippen LogP) is 4.13. The molecule has 0 radical (unpaired) electrons. The molecule has 0 fully saturated rings. The SMILES string of the molecule is CCOC(=O)c1c(C)[nH]c(C(=O)[C@H](C)OC(=O)c2oc3ccccc3c2COC)c1C. The third-order valence-corrected chi connectivity index (χ3v) is 4.99. The van der Waals surface area contributed by atoms with Gasteiger partial charge in [0, 0.05) is 23.8 Å². The van der Waals surface area contributed by atoms with Gasteiger partial charge in [-0.05, 0) is 39.3 Å². The van der Waals surface area contributed by atoms with Crippen LogP contribution in [0.4, 0.5) is 0 Å². The number of aryl methyl sites for hydroxylation is 1. The van der Waals surface area contributed by atoms with Crippen molar-refractivity contribution in [3.8, 4) is 0 Å². The number of furan rings is 1. The summed E-state index contributed by atoms with van der Waals surface area (Å²) in [7, 11) is 1.51. The summed E-state index contributed by atoms with van der Waals surface area (Å²) in [4.78, 5) is 40.8. The van der Waals surface area contributed by atoms with Crippen LogP contribution in [0.1, 0.15) is 62.1 Å². The number of hydrogen-bond donors (Lipinski definition) is 1. The van der Waals surface area contributed by atoms with E-state index in [-0.39, 0.29) is 24.7 Å². The molecule has 31 heavy (non-hydrogen) atoms. The number of para-hydroxylation sites is 1. The standard InChI is InChI=1S/C23H25NO7/c1-6-29-22(26)18-12(2)19(24-13(18)3)20(25)14(4)30-23(27)21-16(11-28-5)15-9-7-8-10-17(15)31-21/h7-10,14,24H,6,11H2,1-5H3/t14-/m0/s1. The van der Waals surface area contributed by atoms with Crippen molar-refractivity contribution in [2.45, 2.75) is 40.4 Å². The van der Waals surface area contributed by atoms with Gasteiger partial charge in [-0.1, -0.05) is 18.2 Å². The van der Waals surface area contributed by atoms with E-state index in [2.05, 4.69) is 4.98 Å². The van der Waals surface area contributed by atoms with Crippen LogP contribution < -0.4 is 0 Å². The van der Waals surface area contributed by atoms with Gasteiger partial charge in [0.2, 0.25) is 11.5 Å². The first-order valence-electron chi connectivity index (χ1n) is 9.90. The maximum atomic E-state index is 12.9. The highest BCUT2D eigenvalue weighted by atomic mass is 16.6. The average molecular weight is 427 g/mol. The van der Waals surface area contributed by atoms with Crippen LogP contribution in [-0.2, 0) is 20.8 Å². The molecule has 0 bridgehead atoms. The largest absolute Gasteiger partial charge is 0.462 e. The molecule has 0 saturated carbocycles. The smallest absolute Gasteiger partial charge is 0.375 e. The van der Waals surface area contributed by atoms with Gasteiger partial charge in [0.25, 0.3) is 0 Å². The number of aromatic amines is 1. The minimum absolute atomic E-state index is 0.00528. The fourth-order valence-corrected chi connectivity index (χ4v) is 3.53. The first kappa shape index (κ1) is 22.3. The molecule has 2 aromatic heterocycles. The Morgan fingerprint density at radius 1 is 1.13 bits per heavy atom. The number of fused-ring (bicyclic) bond motifs is 1. The van der Waals surface area contributed by atoms with E-state index >= 15 is 0 Å². The summed E-state index contributed by atoms with van der Waals surface area (Å²) < 4.78 is 21.3. The molecule has 8 heteroatoms. The first-order valence-corrected chi connectivity index (χ1v) is 9.90. The summed E-state index contributed by atoms with van der Waals surface area (Å²) >= 11 is 0. The van der Waals surface area contributed by atoms with Crippen molar-refractivity contribution in [1.29, 1.82) is 0 Å². The molecule has 0 aliphatic carbocycles. The van der Waals surface area contributed by atoms with Crippen molar-refractivity contribution in [2.75, 3.05) is 13.7 Å². The molecule has 2 heterocycles. The topological polar surface area (TPSA) is 108 Å². The van der Waals surface area contributed by atoms with Crippen molar-refractivity contribution >= 4 is 28.7 Å². The lowest BCUT2D eigenvalue weighted by molar-refractivity contribution is 0.0284. The van der Waals surface area contributed by atoms with E-state index in [4.69, 9.17) is 18.6 Å². The van der Waals surface area contributed by atoms with Gasteiger partial charge in [0.05, 0.1) is 24.5 Å². The highest BCUT2D eigenvalue weighted by Crippen LogP contribution is 2.28. The molecule has 0 aliphatic heterocycles. The number of rotatable bonds is 8. The monoisotopic (exact) mass is 427 g/mol. The number of Topliss-reactive ketones (excluding diaryl/α,β-unsaturated/α-hetero) is 1. The fourth-order valence-electron chi connectivity index (χ4n) is 3.53. The number of methoxy groups -OCH3 is 1. The third kappa shape index (κ3) is 4.25. The third-order valence-electron chi connectivity index (χ3n) is 4.99. The second-order valence-electron chi connectivity index (χ2n) is 7.10. The van der Waals surface area contributed by atoms with E-state index in [1.165, 1.54) is 14.0 Å². The number of aromatic nitrogens is 1. The number of benzene rings is 1. The predicted molar refractivity (Wildman–Crippen MR) is 112 cm³/mol. The Bertz CT molecular complexity index is 1140. The molecule has 0 amide bonds. The number of ether oxygens (including phenoxy) is 3. The van der Waals surface area contributed by atoms with Crippen LogP contribution >= 0.6 is 0 Å². The fraction of sp³-hybridized carbons (Fsp3) is 0.348. The molecular formula is C23H25NO7. The van der Waals surface area contributed by atoms with Gasteiger partial charge in [0.1, 0.15) is 5.58 Å². The van der Waals surface area contributed by atoms with E-state index in [9.17, 15) is 14.4 Å². The van der Waals surface area contributed by atoms with Crippen molar-refractivity contribution in [3.63, 3.8) is 0 Å². The van der Waals surface area contributed by atoms with Crippen molar-refractivity contribution in [3.05, 3.63) is 58.1 Å². The van der Waals surface area contributed by atoms with Crippen molar-refractivity contribution < 1.29 is 33.0 Å². The van der Waals surface area contributed by atoms with Crippen LogP contribution in [-0.4, -0.2) is 42.5 Å². The zero-order valence-electron chi connectivity index (χ0n) is 18.2. The van der Waals surface area contributed by atoms with E-state index in [1.54, 1.807) is 32.9 Å². The van der Waals surface area contributed by atoms with E-state index in [0.29, 0.717) is 28.0 Å². The lowest BCUT2D eigenvalue weighted by Gasteiger charge is -2.12. The Kier molecular flexibility index (Phi) is 6.60. The Morgan fingerprint density at radius 3 is 2.52 bits per heavy atom. The second kappa shape index (κ2) is 9.18. The van der Waals surface area contributed by atoms with Crippen LogP contribution in [0.2, 0.25) is 0 Å². The molecule has 164 valence electrons. The number of carbonyl (C=O) groups excluding carboxylic acids is 3. The normalized spacial score (nSPS) is 12.0. The maximum absolute atomic E-state index is 12.9. The van der Waals surface area contributed by atoms with Gasteiger partial charge in [-0.15, -0.1) is 0 Å². The lowest BCUT2D eigenvalue weighted by atomic mass is 10.1. The summed E-state index contributed by atoms with van der Waals surface area (Å²) in [6.45, 7) is 6.88. The zero-order chi connectivity index (χ0) is 22.7. The highest BCUT2D eigenvalue weighted by molar-refractivity contribution is 6.05. The molecule has 0 unspecified atom stereocenters. The van der Waals surface area contributed by atoms with Crippen LogP contribution in [0, 0.1) is 13.8 Å². The van der Waals surface area contributed by atoms with Gasteiger partial charge in [-0.2, -0.15) is 0 Å². The summed E-state index contributed by atoms with van der Waals surface area (Å²) in [5.41, 5.74) is 2.55. The number of carbonyl (C=O) groups is 3. The molecule has 3 rings (SSSR count). The van der Waals surface area contributed by atoms with Crippen molar-refractivity contribution in [1.82, 2.24) is 4.98 Å². The van der Waals surface area contributed by atoms with Gasteiger partial charge < -0.3 is 23.6 Å². The number of nitrogens with one attached hydrogen (secondary N) is 1. The number of hydrogen-bond acceptors (Lipinski definition) is 7. The summed E-state index contributed by atoms with van der Waals surface area (Å²) in [6.07, 6.45) is -1.11. The summed E-state index contributed by atoms with van der Waals surface area (Å²) in [5.74, 6) is -1.75. The molecule has 0 spiro atoms. The average Bonchev–Trinajstić information content (AvgIpc) is 3.25. The van der Waals surface area contributed by atoms with Gasteiger partial charge >= 0.3 is 11.9 Å². The van der Waals surface area contributed by atoms with Crippen molar-refractivity contribution in [2.24, 2.45) is 0 Å². The molecule has 3 aromatic rings. The van der Waals surface area contributed by atoms with Gasteiger partial charge in [-0.3, -0.25) is 4.79 Å². The Hall–Kier alpha value is -3.39. The molecular weight excluding hydrogens is 402 g/mol. The highest BCUT2D eigenvalue weighted by Gasteiger charge is 2.30. The first-order chi connectivity index (χ1) is 14.8. The Balaban J connectivity index is 1.85. The quantitative estimate of drug-likeness (QED) is 0.425. The Labute approximate surface area is 179 Å². The van der Waals surface area contributed by atoms with Crippen LogP contribution in [0.25, 0.3) is 11.0 Å². The maximum Gasteiger partial charge on any atom is 0.375 e. The molecule has 0 aliphatic rings. The lowest BCUT2D eigenvalue weighted by Crippen LogP contribution is -2.25. The zero-order valence-corrected chi connectivity index (χ0v) is 18.2. The molecule has 0 saturated heterocycles. The van der Waals surface area contributed by atoms with Gasteiger partial charge in [0.15, 0.2) is 6.10 Å². The summed E-state index contributed by atoms with van der Waals surface area (Å²) in [5, 5.41) is 0.741. The minimum atomic E-state index is -1.11. The van der Waals surface area contributed by atoms with E-state index in [0.717, 1.165) is 5.39 Å². The number of ketones is 1. The van der Waals surface area contributed by atoms with Crippen LogP contribution in [0.15, 0.2) is 28.7 Å². The molecule has 1 N–H and O–H groups in total. The minimum Gasteiger partial charge on any atom is -0.462 e. The molecule has 1 atom stereocenters. The second-order valence-corrected chi connectivity index (χ2v) is 7.10. The number of esters is 2. The molecule has 8 nitrogen and oxygen atoms in total. The summed E-state index contributed by atoms with van der Waals surface area (Å²) in [6, 6.07) is 7.18. The van der Waals surface area contributed by atoms with E-state index < -0.39 is 23.8 Å². The molecule has 1 aromatic carbocycles. The van der Waals surface area contributed by atoms with Gasteiger partial charge in [-0.25, -0.2) is 9.59 Å². The van der Waals surface area contributed by atoms with Crippen LogP contribution in [0.3, 0.4) is 0 Å².